The Morgan fingerprint density at radius 2 is 1.63 bits per heavy atom. The number of carbonyl (C=O) groups excluding carboxylic acids is 1. The molecule has 0 atom stereocenters. The van der Waals surface area contributed by atoms with E-state index in [9.17, 15) is 14.7 Å². The van der Waals surface area contributed by atoms with Gasteiger partial charge in [0.25, 0.3) is 0 Å². The van der Waals surface area contributed by atoms with Crippen molar-refractivity contribution in [3.63, 3.8) is 0 Å². The van der Waals surface area contributed by atoms with Gasteiger partial charge in [-0.25, -0.2) is 9.59 Å². The molecule has 0 unspecified atom stereocenters. The normalized spacial score (nSPS) is 12.1. The van der Waals surface area contributed by atoms with Crippen molar-refractivity contribution in [1.29, 1.82) is 0 Å². The molecule has 0 bridgehead atoms. The Morgan fingerprint density at radius 3 is 2.20 bits per heavy atom. The molecular weight excluding hydrogens is 406 g/mol. The maximum Gasteiger partial charge on any atom is 0.411 e. The summed E-state index contributed by atoms with van der Waals surface area (Å²) < 4.78 is 10.5. The van der Waals surface area contributed by atoms with Crippen LogP contribution in [0.3, 0.4) is 0 Å². The third-order valence-electron chi connectivity index (χ3n) is 5.08. The number of hydrogen-bond acceptors (Lipinski definition) is 4. The molecule has 0 fully saturated rings. The number of aromatic carboxylic acids is 1. The van der Waals surface area contributed by atoms with Crippen molar-refractivity contribution in [2.75, 3.05) is 19.0 Å². The predicted octanol–water partition coefficient (Wildman–Crippen LogP) is 5.41. The van der Waals surface area contributed by atoms with E-state index in [4.69, 9.17) is 21.1 Å². The molecule has 2 N–H and O–H groups in total. The van der Waals surface area contributed by atoms with Gasteiger partial charge >= 0.3 is 12.1 Å². The summed E-state index contributed by atoms with van der Waals surface area (Å²) in [6.07, 6.45) is -0.774. The van der Waals surface area contributed by atoms with Crippen LogP contribution in [0.5, 0.6) is 5.75 Å². The van der Waals surface area contributed by atoms with Crippen LogP contribution in [0.15, 0.2) is 60.7 Å². The van der Waals surface area contributed by atoms with E-state index < -0.39 is 12.1 Å². The van der Waals surface area contributed by atoms with Crippen molar-refractivity contribution in [3.8, 4) is 16.9 Å². The zero-order valence-corrected chi connectivity index (χ0v) is 16.8. The van der Waals surface area contributed by atoms with E-state index in [0.29, 0.717) is 0 Å². The molecule has 1 aliphatic carbocycles. The molecule has 0 heterocycles. The zero-order chi connectivity index (χ0) is 21.3. The van der Waals surface area contributed by atoms with E-state index in [2.05, 4.69) is 5.32 Å². The molecule has 6 nitrogen and oxygen atoms in total. The predicted molar refractivity (Wildman–Crippen MR) is 114 cm³/mol. The molecule has 1 amide bonds. The topological polar surface area (TPSA) is 84.9 Å². The minimum atomic E-state index is -1.25. The van der Waals surface area contributed by atoms with Crippen molar-refractivity contribution in [2.45, 2.75) is 5.92 Å². The molecule has 0 aliphatic heterocycles. The highest BCUT2D eigenvalue weighted by atomic mass is 35.5. The number of anilines is 1. The summed E-state index contributed by atoms with van der Waals surface area (Å²) in [5.74, 6) is -1.31. The first-order chi connectivity index (χ1) is 14.5. The van der Waals surface area contributed by atoms with Crippen LogP contribution < -0.4 is 10.1 Å². The molecular formula is C23H18ClNO5. The Hall–Kier alpha value is -3.51. The third kappa shape index (κ3) is 3.57. The van der Waals surface area contributed by atoms with Crippen molar-refractivity contribution in [1.82, 2.24) is 0 Å². The molecule has 4 rings (SSSR count). The fraction of sp³-hybridized carbons (Fsp3) is 0.130. The van der Waals surface area contributed by atoms with E-state index >= 15 is 0 Å². The van der Waals surface area contributed by atoms with Crippen LogP contribution in [-0.4, -0.2) is 30.9 Å². The number of ether oxygens (including phenoxy) is 2. The quantitative estimate of drug-likeness (QED) is 0.573. The van der Waals surface area contributed by atoms with Crippen LogP contribution in [0.2, 0.25) is 5.02 Å². The summed E-state index contributed by atoms with van der Waals surface area (Å²) in [5.41, 5.74) is 4.22. The maximum atomic E-state index is 12.5. The summed E-state index contributed by atoms with van der Waals surface area (Å²) >= 11 is 6.02. The SMILES string of the molecule is COc1cc(Cl)cc(NC(=O)OCC2c3ccccc3-c3ccccc32)c1C(=O)O. The van der Waals surface area contributed by atoms with Gasteiger partial charge in [0.05, 0.1) is 12.8 Å². The lowest BCUT2D eigenvalue weighted by atomic mass is 9.98. The number of nitrogens with one attached hydrogen (secondary N) is 1. The van der Waals surface area contributed by atoms with Crippen LogP contribution in [-0.2, 0) is 4.74 Å². The van der Waals surface area contributed by atoms with Gasteiger partial charge in [0.1, 0.15) is 17.9 Å². The van der Waals surface area contributed by atoms with Gasteiger partial charge in [-0.3, -0.25) is 5.32 Å². The standard InChI is InChI=1S/C23H18ClNO5/c1-29-20-11-13(24)10-19(21(20)22(26)27)25-23(28)30-12-18-16-8-4-2-6-14(16)15-7-3-5-9-17(15)18/h2-11,18H,12H2,1H3,(H,25,28)(H,26,27). The first-order valence-electron chi connectivity index (χ1n) is 9.22. The Kier molecular flexibility index (Phi) is 5.33. The number of carboxylic acid groups (broad SMARTS) is 1. The molecule has 3 aromatic carbocycles. The summed E-state index contributed by atoms with van der Waals surface area (Å²) in [5, 5.41) is 12.2. The monoisotopic (exact) mass is 423 g/mol. The fourth-order valence-corrected chi connectivity index (χ4v) is 4.01. The number of carboxylic acids is 1. The highest BCUT2D eigenvalue weighted by Crippen LogP contribution is 2.44. The Morgan fingerprint density at radius 1 is 1.03 bits per heavy atom. The van der Waals surface area contributed by atoms with Gasteiger partial charge in [-0.05, 0) is 34.4 Å². The van der Waals surface area contributed by atoms with E-state index in [1.54, 1.807) is 0 Å². The van der Waals surface area contributed by atoms with Gasteiger partial charge in [-0.2, -0.15) is 0 Å². The van der Waals surface area contributed by atoms with Crippen molar-refractivity contribution in [2.24, 2.45) is 0 Å². The summed E-state index contributed by atoms with van der Waals surface area (Å²) in [7, 11) is 1.33. The largest absolute Gasteiger partial charge is 0.496 e. The van der Waals surface area contributed by atoms with E-state index in [1.807, 2.05) is 48.5 Å². The molecule has 0 spiro atoms. The highest BCUT2D eigenvalue weighted by molar-refractivity contribution is 6.31. The van der Waals surface area contributed by atoms with Gasteiger partial charge in [0, 0.05) is 10.9 Å². The molecule has 3 aromatic rings. The van der Waals surface area contributed by atoms with Crippen LogP contribution in [0, 0.1) is 0 Å². The van der Waals surface area contributed by atoms with Gasteiger partial charge in [-0.15, -0.1) is 0 Å². The average molecular weight is 424 g/mol. The van der Waals surface area contributed by atoms with Crippen LogP contribution in [0.1, 0.15) is 27.4 Å². The Balaban J connectivity index is 1.54. The lowest BCUT2D eigenvalue weighted by molar-refractivity contribution is 0.0694. The maximum absolute atomic E-state index is 12.5. The van der Waals surface area contributed by atoms with Crippen molar-refractivity contribution in [3.05, 3.63) is 82.4 Å². The second-order valence-electron chi connectivity index (χ2n) is 6.79. The number of carbonyl (C=O) groups is 2. The lowest BCUT2D eigenvalue weighted by Crippen LogP contribution is -2.19. The minimum absolute atomic E-state index is 0.00377. The first kappa shape index (κ1) is 19.8. The number of fused-ring (bicyclic) bond motifs is 3. The summed E-state index contributed by atoms with van der Waals surface area (Å²) in [4.78, 5) is 24.1. The average Bonchev–Trinajstić information content (AvgIpc) is 3.05. The second-order valence-corrected chi connectivity index (χ2v) is 7.22. The number of amides is 1. The van der Waals surface area contributed by atoms with Gasteiger partial charge in [0.2, 0.25) is 0 Å². The van der Waals surface area contributed by atoms with Crippen LogP contribution >= 0.6 is 11.6 Å². The Bertz CT molecular complexity index is 1100. The number of halogens is 1. The van der Waals surface area contributed by atoms with Crippen molar-refractivity contribution < 1.29 is 24.2 Å². The zero-order valence-electron chi connectivity index (χ0n) is 16.0. The molecule has 1 aliphatic rings. The van der Waals surface area contributed by atoms with E-state index in [-0.39, 0.29) is 34.5 Å². The first-order valence-corrected chi connectivity index (χ1v) is 9.60. The minimum Gasteiger partial charge on any atom is -0.496 e. The number of benzene rings is 3. The summed E-state index contributed by atoms with van der Waals surface area (Å²) in [6.45, 7) is 0.111. The highest BCUT2D eigenvalue weighted by Gasteiger charge is 2.29. The smallest absolute Gasteiger partial charge is 0.411 e. The Labute approximate surface area is 178 Å². The lowest BCUT2D eigenvalue weighted by Gasteiger charge is -2.16. The molecule has 30 heavy (non-hydrogen) atoms. The number of rotatable bonds is 5. The molecule has 0 aromatic heterocycles. The van der Waals surface area contributed by atoms with Gasteiger partial charge in [0.15, 0.2) is 0 Å². The fourth-order valence-electron chi connectivity index (χ4n) is 3.81. The molecule has 0 radical (unpaired) electrons. The number of methoxy groups -OCH3 is 1. The van der Waals surface area contributed by atoms with Crippen molar-refractivity contribution >= 4 is 29.4 Å². The third-order valence-corrected chi connectivity index (χ3v) is 5.30. The molecule has 152 valence electrons. The van der Waals surface area contributed by atoms with E-state index in [1.165, 1.54) is 19.2 Å². The van der Waals surface area contributed by atoms with Crippen LogP contribution in [0.25, 0.3) is 11.1 Å². The molecule has 7 heteroatoms. The van der Waals surface area contributed by atoms with Crippen LogP contribution in [0.4, 0.5) is 10.5 Å². The summed E-state index contributed by atoms with van der Waals surface area (Å²) in [6, 6.07) is 18.7. The van der Waals surface area contributed by atoms with Gasteiger partial charge in [-0.1, -0.05) is 60.1 Å². The van der Waals surface area contributed by atoms with E-state index in [0.717, 1.165) is 22.3 Å². The van der Waals surface area contributed by atoms with Gasteiger partial charge < -0.3 is 14.6 Å². The second kappa shape index (κ2) is 8.08. The molecule has 0 saturated carbocycles. The molecule has 0 saturated heterocycles. The number of hydrogen-bond donors (Lipinski definition) is 2.